The number of benzene rings is 2. The van der Waals surface area contributed by atoms with E-state index >= 15 is 0 Å². The van der Waals surface area contributed by atoms with E-state index in [0.29, 0.717) is 5.56 Å². The predicted octanol–water partition coefficient (Wildman–Crippen LogP) is 9.31. The minimum Gasteiger partial charge on any atom is -0.494 e. The molecule has 35 heavy (non-hydrogen) atoms. The van der Waals surface area contributed by atoms with Crippen LogP contribution < -0.4 is 9.47 Å². The van der Waals surface area contributed by atoms with E-state index in [-0.39, 0.29) is 0 Å². The summed E-state index contributed by atoms with van der Waals surface area (Å²) in [4.78, 5) is 0. The fourth-order valence-corrected chi connectivity index (χ4v) is 4.40. The first kappa shape index (κ1) is 26.4. The number of rotatable bonds is 16. The highest BCUT2D eigenvalue weighted by Gasteiger charge is 2.00. The molecule has 0 unspecified atom stereocenters. The third kappa shape index (κ3) is 10.3. The molecule has 0 bridgehead atoms. The average Bonchev–Trinajstić information content (AvgIpc) is 3.31. The maximum absolute atomic E-state index is 8.84. The second-order valence-corrected chi connectivity index (χ2v) is 9.39. The van der Waals surface area contributed by atoms with Crippen molar-refractivity contribution in [2.24, 2.45) is 10.2 Å². The third-order valence-corrected chi connectivity index (χ3v) is 6.58. The van der Waals surface area contributed by atoms with Crippen molar-refractivity contribution in [3.05, 3.63) is 70.4 Å². The van der Waals surface area contributed by atoms with Crippen molar-refractivity contribution in [3.63, 3.8) is 0 Å². The molecule has 5 nitrogen and oxygen atoms in total. The second kappa shape index (κ2) is 15.7. The number of aryl methyl sites for hydroxylation is 1. The molecule has 0 N–H and O–H groups in total. The average molecular weight is 490 g/mol. The smallest absolute Gasteiger partial charge is 0.132 e. The van der Waals surface area contributed by atoms with Crippen molar-refractivity contribution in [2.75, 3.05) is 13.2 Å². The predicted molar refractivity (Wildman–Crippen MR) is 143 cm³/mol. The van der Waals surface area contributed by atoms with Crippen LogP contribution in [0.15, 0.2) is 69.5 Å². The topological polar surface area (TPSA) is 67.0 Å². The summed E-state index contributed by atoms with van der Waals surface area (Å²) in [6, 6.07) is 16.8. The van der Waals surface area contributed by atoms with Crippen LogP contribution >= 0.6 is 11.3 Å². The van der Waals surface area contributed by atoms with Crippen LogP contribution in [0.4, 0.5) is 11.4 Å². The molecular weight excluding hydrogens is 454 g/mol. The Hall–Kier alpha value is -3.17. The fraction of sp³-hybridized carbons (Fsp3) is 0.414. The zero-order chi connectivity index (χ0) is 24.6. The molecule has 0 aliphatic carbocycles. The van der Waals surface area contributed by atoms with Gasteiger partial charge in [-0.1, -0.05) is 44.9 Å². The molecule has 0 saturated heterocycles. The third-order valence-electron chi connectivity index (χ3n) is 5.74. The lowest BCUT2D eigenvalue weighted by Crippen LogP contribution is -1.97. The van der Waals surface area contributed by atoms with E-state index in [0.717, 1.165) is 48.9 Å². The van der Waals surface area contributed by atoms with Gasteiger partial charge < -0.3 is 9.47 Å². The van der Waals surface area contributed by atoms with Gasteiger partial charge in [0, 0.05) is 10.9 Å². The normalized spacial score (nSPS) is 11.0. The Kier molecular flexibility index (Phi) is 11.8. The van der Waals surface area contributed by atoms with Gasteiger partial charge in [0.25, 0.3) is 0 Å². The van der Waals surface area contributed by atoms with Crippen molar-refractivity contribution in [2.45, 2.75) is 64.7 Å². The maximum Gasteiger partial charge on any atom is 0.132 e. The van der Waals surface area contributed by atoms with Gasteiger partial charge in [-0.3, -0.25) is 0 Å². The summed E-state index contributed by atoms with van der Waals surface area (Å²) in [7, 11) is 0. The SMILES string of the molecule is Cc1cscc1OCCCCCCCCCCCOc1ccc(N=Nc2ccc(C#N)cc2)cc1. The van der Waals surface area contributed by atoms with E-state index in [1.807, 2.05) is 24.3 Å². The van der Waals surface area contributed by atoms with E-state index in [1.165, 1.54) is 50.5 Å². The molecule has 0 aliphatic heterocycles. The van der Waals surface area contributed by atoms with Gasteiger partial charge in [0.05, 0.1) is 36.2 Å². The van der Waals surface area contributed by atoms with Crippen LogP contribution in [-0.2, 0) is 0 Å². The summed E-state index contributed by atoms with van der Waals surface area (Å²) in [5.41, 5.74) is 3.35. The number of nitrogens with zero attached hydrogens (tertiary/aromatic N) is 3. The number of hydrogen-bond acceptors (Lipinski definition) is 6. The van der Waals surface area contributed by atoms with E-state index in [9.17, 15) is 0 Å². The van der Waals surface area contributed by atoms with Crippen molar-refractivity contribution < 1.29 is 9.47 Å². The summed E-state index contributed by atoms with van der Waals surface area (Å²) in [5.74, 6) is 1.92. The van der Waals surface area contributed by atoms with Gasteiger partial charge >= 0.3 is 0 Å². The van der Waals surface area contributed by atoms with Crippen LogP contribution in [0.2, 0.25) is 0 Å². The highest BCUT2D eigenvalue weighted by Crippen LogP contribution is 2.23. The van der Waals surface area contributed by atoms with E-state index in [1.54, 1.807) is 35.6 Å². The molecular formula is C29H35N3O2S. The first-order chi connectivity index (χ1) is 17.2. The minimum atomic E-state index is 0.614. The minimum absolute atomic E-state index is 0.614. The molecule has 3 rings (SSSR count). The Bertz CT molecular complexity index is 1050. The number of thiophene rings is 1. The lowest BCUT2D eigenvalue weighted by Gasteiger charge is -2.07. The molecule has 0 atom stereocenters. The summed E-state index contributed by atoms with van der Waals surface area (Å²) in [5, 5.41) is 21.5. The number of azo groups is 1. The van der Waals surface area contributed by atoms with Crippen molar-refractivity contribution >= 4 is 22.7 Å². The monoisotopic (exact) mass is 489 g/mol. The van der Waals surface area contributed by atoms with E-state index < -0.39 is 0 Å². The molecule has 6 heteroatoms. The first-order valence-corrected chi connectivity index (χ1v) is 13.5. The van der Waals surface area contributed by atoms with Crippen molar-refractivity contribution in [1.29, 1.82) is 5.26 Å². The number of unbranched alkanes of at least 4 members (excludes halogenated alkanes) is 8. The molecule has 0 amide bonds. The fourth-order valence-electron chi connectivity index (χ4n) is 3.64. The first-order valence-electron chi connectivity index (χ1n) is 12.5. The summed E-state index contributed by atoms with van der Waals surface area (Å²) in [6.45, 7) is 3.68. The molecule has 1 aromatic heterocycles. The largest absolute Gasteiger partial charge is 0.494 e. The lowest BCUT2D eigenvalue weighted by atomic mass is 10.1. The summed E-state index contributed by atoms with van der Waals surface area (Å²) >= 11 is 1.71. The molecule has 0 saturated carbocycles. The lowest BCUT2D eigenvalue weighted by molar-refractivity contribution is 0.302. The van der Waals surface area contributed by atoms with Gasteiger partial charge in [0.1, 0.15) is 11.5 Å². The second-order valence-electron chi connectivity index (χ2n) is 8.65. The number of hydrogen-bond donors (Lipinski definition) is 0. The van der Waals surface area contributed by atoms with Gasteiger partial charge in [-0.15, -0.1) is 11.3 Å². The standard InChI is InChI=1S/C29H35N3O2S/c1-24-22-35-23-29(24)34-20-10-8-6-4-2-3-5-7-9-19-33-28-17-15-27(16-18-28)32-31-26-13-11-25(21-30)12-14-26/h11-18,22-23H,2-10,19-20H2,1H3. The molecule has 184 valence electrons. The van der Waals surface area contributed by atoms with Gasteiger partial charge in [-0.25, -0.2) is 0 Å². The molecule has 1 heterocycles. The molecule has 2 aromatic carbocycles. The zero-order valence-electron chi connectivity index (χ0n) is 20.6. The highest BCUT2D eigenvalue weighted by atomic mass is 32.1. The van der Waals surface area contributed by atoms with Gasteiger partial charge in [-0.2, -0.15) is 15.5 Å². The molecule has 0 aliphatic rings. The van der Waals surface area contributed by atoms with Crippen LogP contribution in [0.1, 0.15) is 68.9 Å². The summed E-state index contributed by atoms with van der Waals surface area (Å²) < 4.78 is 11.7. The van der Waals surface area contributed by atoms with Crippen LogP contribution in [0.25, 0.3) is 0 Å². The van der Waals surface area contributed by atoms with Gasteiger partial charge in [0.15, 0.2) is 0 Å². The van der Waals surface area contributed by atoms with Gasteiger partial charge in [-0.05, 0) is 73.7 Å². The van der Waals surface area contributed by atoms with Crippen LogP contribution in [0, 0.1) is 18.3 Å². The molecule has 0 fully saturated rings. The molecule has 3 aromatic rings. The molecule has 0 spiro atoms. The Labute approximate surface area is 213 Å². The van der Waals surface area contributed by atoms with Gasteiger partial charge in [0.2, 0.25) is 0 Å². The van der Waals surface area contributed by atoms with Crippen LogP contribution in [0.5, 0.6) is 11.5 Å². The van der Waals surface area contributed by atoms with Crippen LogP contribution in [0.3, 0.4) is 0 Å². The highest BCUT2D eigenvalue weighted by molar-refractivity contribution is 7.08. The Balaban J connectivity index is 1.15. The quantitative estimate of drug-likeness (QED) is 0.149. The number of ether oxygens (including phenoxy) is 2. The van der Waals surface area contributed by atoms with Crippen LogP contribution in [-0.4, -0.2) is 13.2 Å². The summed E-state index contributed by atoms with van der Waals surface area (Å²) in [6.07, 6.45) is 11.2. The Morgan fingerprint density at radius 2 is 1.20 bits per heavy atom. The van der Waals surface area contributed by atoms with E-state index in [4.69, 9.17) is 14.7 Å². The number of nitriles is 1. The van der Waals surface area contributed by atoms with Crippen molar-refractivity contribution in [3.8, 4) is 17.6 Å². The molecule has 0 radical (unpaired) electrons. The Morgan fingerprint density at radius 3 is 1.71 bits per heavy atom. The zero-order valence-corrected chi connectivity index (χ0v) is 21.4. The Morgan fingerprint density at radius 1 is 0.686 bits per heavy atom. The maximum atomic E-state index is 8.84. The van der Waals surface area contributed by atoms with Crippen molar-refractivity contribution in [1.82, 2.24) is 0 Å². The van der Waals surface area contributed by atoms with E-state index in [2.05, 4.69) is 34.0 Å².